The summed E-state index contributed by atoms with van der Waals surface area (Å²) in [7, 11) is 0. The van der Waals surface area contributed by atoms with Gasteiger partial charge in [0.25, 0.3) is 5.91 Å². The third-order valence-corrected chi connectivity index (χ3v) is 5.34. The molecule has 0 bridgehead atoms. The van der Waals surface area contributed by atoms with Gasteiger partial charge >= 0.3 is 0 Å². The van der Waals surface area contributed by atoms with Crippen molar-refractivity contribution in [1.82, 2.24) is 20.0 Å². The molecule has 1 aromatic carbocycles. The molecule has 27 heavy (non-hydrogen) atoms. The van der Waals surface area contributed by atoms with E-state index in [1.807, 2.05) is 6.07 Å². The van der Waals surface area contributed by atoms with E-state index in [9.17, 15) is 9.59 Å². The van der Waals surface area contributed by atoms with E-state index < -0.39 is 0 Å². The number of aromatic nitrogens is 2. The summed E-state index contributed by atoms with van der Waals surface area (Å²) in [4.78, 5) is 29.7. The summed E-state index contributed by atoms with van der Waals surface area (Å²) < 4.78 is 0. The van der Waals surface area contributed by atoms with E-state index >= 15 is 0 Å². The van der Waals surface area contributed by atoms with Crippen molar-refractivity contribution in [2.24, 2.45) is 0 Å². The fourth-order valence-electron chi connectivity index (χ4n) is 3.69. The molecule has 140 valence electrons. The van der Waals surface area contributed by atoms with Gasteiger partial charge in [-0.15, -0.1) is 10.2 Å². The number of fused-ring (bicyclic) bond motifs is 1. The van der Waals surface area contributed by atoms with Gasteiger partial charge in [0.15, 0.2) is 11.5 Å². The molecule has 0 atom stereocenters. The van der Waals surface area contributed by atoms with Crippen LogP contribution in [0.4, 0.5) is 5.82 Å². The number of nitrogens with zero attached hydrogens (tertiary/aromatic N) is 5. The number of benzene rings is 1. The summed E-state index contributed by atoms with van der Waals surface area (Å²) in [5.74, 6) is 0.720. The van der Waals surface area contributed by atoms with Crippen molar-refractivity contribution in [3.8, 4) is 0 Å². The first kappa shape index (κ1) is 17.5. The minimum atomic E-state index is -0.124. The van der Waals surface area contributed by atoms with Gasteiger partial charge in [0.2, 0.25) is 5.91 Å². The summed E-state index contributed by atoms with van der Waals surface area (Å²) in [6, 6.07) is 12.1. The van der Waals surface area contributed by atoms with E-state index in [0.29, 0.717) is 31.9 Å². The van der Waals surface area contributed by atoms with Gasteiger partial charge in [-0.25, -0.2) is 0 Å². The lowest BCUT2D eigenvalue weighted by Crippen LogP contribution is -2.50. The van der Waals surface area contributed by atoms with E-state index in [1.165, 1.54) is 11.1 Å². The van der Waals surface area contributed by atoms with Crippen LogP contribution >= 0.6 is 0 Å². The molecule has 7 nitrogen and oxygen atoms in total. The molecule has 4 rings (SSSR count). The Bertz CT molecular complexity index is 844. The average Bonchev–Trinajstić information content (AvgIpc) is 2.73. The number of piperazine rings is 1. The van der Waals surface area contributed by atoms with Gasteiger partial charge in [0, 0.05) is 46.2 Å². The van der Waals surface area contributed by atoms with Crippen molar-refractivity contribution in [2.75, 3.05) is 37.6 Å². The molecule has 0 radical (unpaired) electrons. The van der Waals surface area contributed by atoms with E-state index in [4.69, 9.17) is 0 Å². The second-order valence-corrected chi connectivity index (χ2v) is 7.02. The Morgan fingerprint density at radius 1 is 0.852 bits per heavy atom. The lowest BCUT2D eigenvalue weighted by molar-refractivity contribution is -0.130. The molecule has 7 heteroatoms. The highest BCUT2D eigenvalue weighted by Gasteiger charge is 2.25. The Morgan fingerprint density at radius 3 is 2.22 bits per heavy atom. The summed E-state index contributed by atoms with van der Waals surface area (Å²) >= 11 is 0. The predicted molar refractivity (Wildman–Crippen MR) is 101 cm³/mol. The standard InChI is InChI=1S/C20H23N5O2/c1-15(26)23-10-12-24(13-11-23)20(27)18-6-7-19(22-21-18)25-9-8-16-4-2-3-5-17(16)14-25/h2-7H,8-14H2,1H3. The Kier molecular flexibility index (Phi) is 4.75. The van der Waals surface area contributed by atoms with Crippen LogP contribution in [-0.4, -0.2) is 64.5 Å². The highest BCUT2D eigenvalue weighted by Crippen LogP contribution is 2.22. The van der Waals surface area contributed by atoms with Crippen LogP contribution in [-0.2, 0) is 17.8 Å². The molecule has 0 unspecified atom stereocenters. The van der Waals surface area contributed by atoms with Crippen molar-refractivity contribution >= 4 is 17.6 Å². The first-order valence-corrected chi connectivity index (χ1v) is 9.32. The van der Waals surface area contributed by atoms with Crippen molar-refractivity contribution in [3.63, 3.8) is 0 Å². The maximum absolute atomic E-state index is 12.6. The summed E-state index contributed by atoms with van der Waals surface area (Å²) in [5.41, 5.74) is 3.06. The summed E-state index contributed by atoms with van der Waals surface area (Å²) in [6.45, 7) is 5.47. The van der Waals surface area contributed by atoms with Crippen molar-refractivity contribution in [1.29, 1.82) is 0 Å². The number of amides is 2. The average molecular weight is 365 g/mol. The molecular weight excluding hydrogens is 342 g/mol. The van der Waals surface area contributed by atoms with E-state index in [2.05, 4.69) is 39.4 Å². The van der Waals surface area contributed by atoms with Crippen LogP contribution in [0.2, 0.25) is 0 Å². The highest BCUT2D eigenvalue weighted by atomic mass is 16.2. The Hall–Kier alpha value is -2.96. The van der Waals surface area contributed by atoms with Crippen molar-refractivity contribution < 1.29 is 9.59 Å². The van der Waals surface area contributed by atoms with Gasteiger partial charge in [0.05, 0.1) is 0 Å². The maximum atomic E-state index is 12.6. The molecular formula is C20H23N5O2. The number of hydrogen-bond donors (Lipinski definition) is 0. The molecule has 2 aliphatic heterocycles. The molecule has 1 aromatic heterocycles. The summed E-state index contributed by atoms with van der Waals surface area (Å²) in [5, 5.41) is 8.47. The van der Waals surface area contributed by atoms with Crippen LogP contribution in [0.1, 0.15) is 28.5 Å². The number of anilines is 1. The molecule has 0 spiro atoms. The Labute approximate surface area is 158 Å². The Morgan fingerprint density at radius 2 is 1.56 bits per heavy atom. The van der Waals surface area contributed by atoms with Crippen LogP contribution in [0.15, 0.2) is 36.4 Å². The van der Waals surface area contributed by atoms with Crippen molar-refractivity contribution in [2.45, 2.75) is 19.9 Å². The predicted octanol–water partition coefficient (Wildman–Crippen LogP) is 1.34. The van der Waals surface area contributed by atoms with Crippen LogP contribution in [0, 0.1) is 0 Å². The van der Waals surface area contributed by atoms with E-state index in [0.717, 1.165) is 25.3 Å². The quantitative estimate of drug-likeness (QED) is 0.803. The van der Waals surface area contributed by atoms with Crippen LogP contribution < -0.4 is 4.90 Å². The largest absolute Gasteiger partial charge is 0.350 e. The van der Waals surface area contributed by atoms with Gasteiger partial charge in [-0.2, -0.15) is 0 Å². The van der Waals surface area contributed by atoms with E-state index in [-0.39, 0.29) is 11.8 Å². The van der Waals surface area contributed by atoms with Crippen LogP contribution in [0.3, 0.4) is 0 Å². The second kappa shape index (κ2) is 7.34. The molecule has 1 fully saturated rings. The normalized spacial score (nSPS) is 16.9. The van der Waals surface area contributed by atoms with Gasteiger partial charge in [-0.1, -0.05) is 24.3 Å². The van der Waals surface area contributed by atoms with Gasteiger partial charge in [0.1, 0.15) is 0 Å². The van der Waals surface area contributed by atoms with Gasteiger partial charge < -0.3 is 14.7 Å². The molecule has 0 N–H and O–H groups in total. The molecule has 2 amide bonds. The maximum Gasteiger partial charge on any atom is 0.274 e. The van der Waals surface area contributed by atoms with Gasteiger partial charge in [-0.3, -0.25) is 9.59 Å². The molecule has 2 aliphatic rings. The number of carbonyl (C=O) groups excluding carboxylic acids is 2. The molecule has 1 saturated heterocycles. The Balaban J connectivity index is 1.41. The topological polar surface area (TPSA) is 69.6 Å². The molecule has 0 saturated carbocycles. The molecule has 3 heterocycles. The zero-order valence-electron chi connectivity index (χ0n) is 15.5. The van der Waals surface area contributed by atoms with Crippen molar-refractivity contribution in [3.05, 3.63) is 53.2 Å². The fourth-order valence-corrected chi connectivity index (χ4v) is 3.69. The monoisotopic (exact) mass is 365 g/mol. The third kappa shape index (κ3) is 3.63. The highest BCUT2D eigenvalue weighted by molar-refractivity contribution is 5.92. The zero-order chi connectivity index (χ0) is 18.8. The van der Waals surface area contributed by atoms with Crippen LogP contribution in [0.25, 0.3) is 0 Å². The summed E-state index contributed by atoms with van der Waals surface area (Å²) in [6.07, 6.45) is 0.985. The minimum absolute atomic E-state index is 0.0503. The number of rotatable bonds is 2. The fraction of sp³-hybridized carbons (Fsp3) is 0.400. The zero-order valence-corrected chi connectivity index (χ0v) is 15.5. The van der Waals surface area contributed by atoms with Crippen LogP contribution in [0.5, 0.6) is 0 Å². The van der Waals surface area contributed by atoms with E-state index in [1.54, 1.807) is 22.8 Å². The number of carbonyl (C=O) groups is 2. The smallest absolute Gasteiger partial charge is 0.274 e. The SMILES string of the molecule is CC(=O)N1CCN(C(=O)c2ccc(N3CCc4ccccc4C3)nn2)CC1. The number of hydrogen-bond acceptors (Lipinski definition) is 5. The first-order chi connectivity index (χ1) is 13.1. The van der Waals surface area contributed by atoms with Gasteiger partial charge in [-0.05, 0) is 29.7 Å². The lowest BCUT2D eigenvalue weighted by atomic mass is 10.00. The third-order valence-electron chi connectivity index (χ3n) is 5.34. The first-order valence-electron chi connectivity index (χ1n) is 9.32. The minimum Gasteiger partial charge on any atom is -0.350 e. The lowest BCUT2D eigenvalue weighted by Gasteiger charge is -2.34. The molecule has 2 aromatic rings. The molecule has 0 aliphatic carbocycles. The second-order valence-electron chi connectivity index (χ2n) is 7.02.